The normalized spacial score (nSPS) is 16.2. The van der Waals surface area contributed by atoms with Crippen molar-refractivity contribution in [3.8, 4) is 0 Å². The molecule has 1 aromatic heterocycles. The molecule has 1 aromatic carbocycles. The quantitative estimate of drug-likeness (QED) is 0.168. The first-order chi connectivity index (χ1) is 14.1. The second-order valence-corrected chi connectivity index (χ2v) is 8.67. The zero-order chi connectivity index (χ0) is 20.4. The van der Waals surface area contributed by atoms with Gasteiger partial charge in [-0.1, -0.05) is 0 Å². The summed E-state index contributed by atoms with van der Waals surface area (Å²) in [4.78, 5) is 18.0. The predicted octanol–water partition coefficient (Wildman–Crippen LogP) is 5.26. The number of anilines is 1. The number of aryl methyl sites for hydroxylation is 1. The Labute approximate surface area is 179 Å². The third-order valence-corrected chi connectivity index (χ3v) is 6.54. The lowest BCUT2D eigenvalue weighted by Crippen LogP contribution is -2.34. The van der Waals surface area contributed by atoms with Gasteiger partial charge in [-0.15, -0.1) is 39.7 Å². The molecule has 0 atom stereocenters. The molecule has 2 aromatic rings. The van der Waals surface area contributed by atoms with Crippen LogP contribution in [0, 0.1) is 0 Å². The summed E-state index contributed by atoms with van der Waals surface area (Å²) in [7, 11) is 1.42. The van der Waals surface area contributed by atoms with Gasteiger partial charge in [0.25, 0.3) is 0 Å². The number of rotatable bonds is 6. The van der Waals surface area contributed by atoms with Gasteiger partial charge in [-0.3, -0.25) is 0 Å². The number of aliphatic imine (C=N–C) groups is 1. The molecule has 0 N–H and O–H groups in total. The fourth-order valence-electron chi connectivity index (χ4n) is 3.60. The van der Waals surface area contributed by atoms with Gasteiger partial charge >= 0.3 is 0 Å². The average Bonchev–Trinajstić information content (AvgIpc) is 3.13. The van der Waals surface area contributed by atoms with Crippen molar-refractivity contribution in [1.29, 1.82) is 0 Å². The molecule has 3 heterocycles. The van der Waals surface area contributed by atoms with E-state index in [1.165, 1.54) is 36.1 Å². The van der Waals surface area contributed by atoms with Crippen LogP contribution in [0.2, 0.25) is 0 Å². The topological polar surface area (TPSA) is 76.6 Å². The Bertz CT molecular complexity index is 955. The summed E-state index contributed by atoms with van der Waals surface area (Å²) >= 11 is 6.64. The average molecular weight is 433 g/mol. The molecule has 0 spiro atoms. The van der Waals surface area contributed by atoms with E-state index in [1.807, 2.05) is 25.6 Å². The zero-order valence-electron chi connectivity index (χ0n) is 16.7. The maximum Gasteiger partial charge on any atom is 0.221 e. The summed E-state index contributed by atoms with van der Waals surface area (Å²) in [5.41, 5.74) is 3.46. The van der Waals surface area contributed by atoms with Gasteiger partial charge in [0.2, 0.25) is 6.40 Å². The van der Waals surface area contributed by atoms with Gasteiger partial charge in [0.1, 0.15) is 5.69 Å². The molecule has 0 amide bonds. The van der Waals surface area contributed by atoms with Crippen LogP contribution in [0.1, 0.15) is 31.9 Å². The van der Waals surface area contributed by atoms with Crippen LogP contribution in [-0.2, 0) is 16.2 Å². The summed E-state index contributed by atoms with van der Waals surface area (Å²) in [5, 5.41) is 13.3. The van der Waals surface area contributed by atoms with E-state index in [0.717, 1.165) is 35.8 Å². The van der Waals surface area contributed by atoms with E-state index in [9.17, 15) is 0 Å². The van der Waals surface area contributed by atoms with Crippen LogP contribution >= 0.6 is 24.4 Å². The predicted molar refractivity (Wildman–Crippen MR) is 118 cm³/mol. The Morgan fingerprint density at radius 2 is 2.14 bits per heavy atom. The van der Waals surface area contributed by atoms with Crippen LogP contribution in [0.15, 0.2) is 37.1 Å². The van der Waals surface area contributed by atoms with Crippen molar-refractivity contribution in [3.05, 3.63) is 17.7 Å². The van der Waals surface area contributed by atoms with Gasteiger partial charge < -0.3 is 9.79 Å². The highest BCUT2D eigenvalue weighted by Crippen LogP contribution is 2.47. The summed E-state index contributed by atoms with van der Waals surface area (Å²) < 4.78 is 1.76. The maximum atomic E-state index is 4.78. The molecule has 29 heavy (non-hydrogen) atoms. The molecule has 8 nitrogen and oxygen atoms in total. The molecular weight excluding hydrogens is 408 g/mol. The third kappa shape index (κ3) is 4.15. The highest BCUT2D eigenvalue weighted by atomic mass is 32.2. The van der Waals surface area contributed by atoms with E-state index in [4.69, 9.17) is 17.5 Å². The van der Waals surface area contributed by atoms with E-state index in [1.54, 1.807) is 10.7 Å². The standard InChI is InChI=1S/C19H24N6O2S2/c1-12(2)25-16(20-11-27-26-3)10-15(23-25)22-21-14-9-13-5-4-6-24-7-8-29-19(17(13)24)18(14)28/h9-12,28H,4-8H2,1-3H3. The van der Waals surface area contributed by atoms with Crippen molar-refractivity contribution in [2.24, 2.45) is 15.2 Å². The Hall–Kier alpha value is -2.04. The second kappa shape index (κ2) is 8.76. The molecule has 0 fully saturated rings. The highest BCUT2D eigenvalue weighted by Gasteiger charge is 2.27. The molecular formula is C19H24N6O2S2. The van der Waals surface area contributed by atoms with Crippen molar-refractivity contribution < 1.29 is 9.78 Å². The Morgan fingerprint density at radius 3 is 2.93 bits per heavy atom. The SMILES string of the molecule is COOC=Nc1cc(N=Nc2cc3c4c(c2S)SCCN4CCC3)nn1C(C)C. The van der Waals surface area contributed by atoms with Crippen molar-refractivity contribution in [2.45, 2.75) is 42.5 Å². The van der Waals surface area contributed by atoms with Gasteiger partial charge in [0.05, 0.1) is 12.8 Å². The van der Waals surface area contributed by atoms with E-state index >= 15 is 0 Å². The monoisotopic (exact) mass is 432 g/mol. The minimum atomic E-state index is 0.115. The first kappa shape index (κ1) is 20.2. The van der Waals surface area contributed by atoms with Crippen LogP contribution in [0.5, 0.6) is 0 Å². The number of thioether (sulfide) groups is 1. The molecule has 0 radical (unpaired) electrons. The lowest BCUT2D eigenvalue weighted by atomic mass is 10.0. The Morgan fingerprint density at radius 1 is 1.28 bits per heavy atom. The maximum absolute atomic E-state index is 4.78. The van der Waals surface area contributed by atoms with Crippen LogP contribution in [0.3, 0.4) is 0 Å². The van der Waals surface area contributed by atoms with Gasteiger partial charge in [0.15, 0.2) is 11.6 Å². The summed E-state index contributed by atoms with van der Waals surface area (Å²) in [6, 6.07) is 3.99. The van der Waals surface area contributed by atoms with E-state index in [-0.39, 0.29) is 6.04 Å². The molecule has 0 bridgehead atoms. The number of nitrogens with zero attached hydrogens (tertiary/aromatic N) is 6. The molecule has 0 aliphatic carbocycles. The number of hydrogen-bond acceptors (Lipinski definition) is 9. The van der Waals surface area contributed by atoms with Gasteiger partial charge in [0, 0.05) is 40.7 Å². The Kier molecular flexibility index (Phi) is 6.12. The molecule has 10 heteroatoms. The van der Waals surface area contributed by atoms with Gasteiger partial charge in [-0.2, -0.15) is 9.88 Å². The minimum absolute atomic E-state index is 0.115. The zero-order valence-corrected chi connectivity index (χ0v) is 18.4. The molecule has 0 saturated carbocycles. The number of thiol groups is 1. The first-order valence-corrected chi connectivity index (χ1v) is 11.0. The van der Waals surface area contributed by atoms with E-state index in [2.05, 4.69) is 36.2 Å². The molecule has 2 aliphatic heterocycles. The fourth-order valence-corrected chi connectivity index (χ4v) is 5.16. The highest BCUT2D eigenvalue weighted by molar-refractivity contribution is 8.00. The third-order valence-electron chi connectivity index (χ3n) is 4.86. The molecule has 4 rings (SSSR count). The Balaban J connectivity index is 1.65. The van der Waals surface area contributed by atoms with E-state index in [0.29, 0.717) is 11.6 Å². The molecule has 0 saturated heterocycles. The van der Waals surface area contributed by atoms with Crippen LogP contribution in [0.25, 0.3) is 0 Å². The lowest BCUT2D eigenvalue weighted by molar-refractivity contribution is -0.187. The van der Waals surface area contributed by atoms with Crippen LogP contribution < -0.4 is 4.90 Å². The number of benzene rings is 1. The van der Waals surface area contributed by atoms with Crippen molar-refractivity contribution in [3.63, 3.8) is 0 Å². The van der Waals surface area contributed by atoms with Crippen LogP contribution in [0.4, 0.5) is 23.0 Å². The lowest BCUT2D eigenvalue weighted by Gasteiger charge is -2.37. The van der Waals surface area contributed by atoms with Gasteiger partial charge in [-0.25, -0.2) is 4.68 Å². The van der Waals surface area contributed by atoms with Crippen molar-refractivity contribution >= 4 is 53.8 Å². The van der Waals surface area contributed by atoms with Gasteiger partial charge in [-0.05, 0) is 38.3 Å². The van der Waals surface area contributed by atoms with Crippen molar-refractivity contribution in [1.82, 2.24) is 9.78 Å². The fraction of sp³-hybridized carbons (Fsp3) is 0.474. The number of aromatic nitrogens is 2. The first-order valence-electron chi connectivity index (χ1n) is 9.58. The van der Waals surface area contributed by atoms with E-state index < -0.39 is 0 Å². The number of azo groups is 1. The molecule has 0 unspecified atom stereocenters. The second-order valence-electron chi connectivity index (χ2n) is 7.12. The number of hydrogen-bond donors (Lipinski definition) is 1. The molecule has 2 aliphatic rings. The van der Waals surface area contributed by atoms with Crippen LogP contribution in [-0.4, -0.2) is 42.1 Å². The summed E-state index contributed by atoms with van der Waals surface area (Å²) in [6.07, 6.45) is 3.46. The summed E-state index contributed by atoms with van der Waals surface area (Å²) in [5.74, 6) is 2.17. The summed E-state index contributed by atoms with van der Waals surface area (Å²) in [6.45, 7) is 6.26. The largest absolute Gasteiger partial charge is 0.370 e. The smallest absolute Gasteiger partial charge is 0.221 e. The molecule has 154 valence electrons. The minimum Gasteiger partial charge on any atom is -0.370 e. The van der Waals surface area contributed by atoms with Crippen molar-refractivity contribution in [2.75, 3.05) is 30.9 Å².